The third kappa shape index (κ3) is 4.42. The number of hydrogen-bond acceptors (Lipinski definition) is 2. The van der Waals surface area contributed by atoms with Crippen molar-refractivity contribution in [1.29, 1.82) is 0 Å². The van der Waals surface area contributed by atoms with E-state index in [0.29, 0.717) is 0 Å². The maximum absolute atomic E-state index is 6.39. The fraction of sp³-hybridized carbons (Fsp3) is 0.619. The van der Waals surface area contributed by atoms with Gasteiger partial charge in [0.1, 0.15) is 0 Å². The van der Waals surface area contributed by atoms with Gasteiger partial charge in [0, 0.05) is 0 Å². The second-order valence-electron chi connectivity index (χ2n) is 7.83. The second-order valence-corrected chi connectivity index (χ2v) is 7.83. The molecule has 2 nitrogen and oxygen atoms in total. The van der Waals surface area contributed by atoms with Crippen LogP contribution in [0.25, 0.3) is 0 Å². The van der Waals surface area contributed by atoms with Gasteiger partial charge in [0.15, 0.2) is 0 Å². The van der Waals surface area contributed by atoms with E-state index in [0.717, 1.165) is 30.3 Å². The molecule has 0 radical (unpaired) electrons. The first-order chi connectivity index (χ1) is 11.2. The molecular formula is C21H32BCuO2. The fourth-order valence-corrected chi connectivity index (χ4v) is 3.40. The molecule has 0 bridgehead atoms. The van der Waals surface area contributed by atoms with Crippen molar-refractivity contribution in [2.45, 2.75) is 78.9 Å². The topological polar surface area (TPSA) is 18.5 Å². The van der Waals surface area contributed by atoms with Gasteiger partial charge in [-0.2, -0.15) is 23.8 Å². The number of rotatable bonds is 6. The molecule has 1 aliphatic rings. The van der Waals surface area contributed by atoms with Gasteiger partial charge in [0.25, 0.3) is 0 Å². The van der Waals surface area contributed by atoms with Crippen molar-refractivity contribution < 1.29 is 26.4 Å². The standard InChI is InChI=1S/C21H32BO2.Cu/c1-8-21(9-2,10-3)18(16-17-14-12-11-13-15-17)22-23-19(4,5)20(6,7)24-22;/h11-15H,8-10H2,1-7H3;/q-1;+1. The van der Waals surface area contributed by atoms with Crippen LogP contribution in [0.4, 0.5) is 0 Å². The first-order valence-corrected chi connectivity index (χ1v) is 9.26. The quantitative estimate of drug-likeness (QED) is 0.464. The van der Waals surface area contributed by atoms with E-state index in [1.807, 2.05) is 6.07 Å². The Kier molecular flexibility index (Phi) is 7.59. The third-order valence-electron chi connectivity index (χ3n) is 6.14. The summed E-state index contributed by atoms with van der Waals surface area (Å²) in [7, 11) is -0.338. The van der Waals surface area contributed by atoms with E-state index in [9.17, 15) is 0 Å². The van der Waals surface area contributed by atoms with Crippen LogP contribution in [0.15, 0.2) is 35.8 Å². The Labute approximate surface area is 165 Å². The maximum Gasteiger partial charge on any atom is 1.00 e. The number of hydrogen-bond donors (Lipinski definition) is 0. The van der Waals surface area contributed by atoms with Gasteiger partial charge in [-0.15, -0.1) is 12.1 Å². The van der Waals surface area contributed by atoms with Gasteiger partial charge in [0.2, 0.25) is 0 Å². The predicted molar refractivity (Wildman–Crippen MR) is 102 cm³/mol. The molecule has 0 aromatic heterocycles. The van der Waals surface area contributed by atoms with Crippen molar-refractivity contribution in [3.8, 4) is 0 Å². The van der Waals surface area contributed by atoms with Crippen LogP contribution in [0.1, 0.15) is 73.3 Å². The van der Waals surface area contributed by atoms with Crippen LogP contribution in [-0.4, -0.2) is 18.3 Å². The van der Waals surface area contributed by atoms with Crippen LogP contribution in [0.2, 0.25) is 0 Å². The van der Waals surface area contributed by atoms with Crippen LogP contribution >= 0.6 is 0 Å². The molecule has 25 heavy (non-hydrogen) atoms. The Bertz CT molecular complexity index is 553. The zero-order valence-electron chi connectivity index (χ0n) is 16.7. The molecule has 1 aliphatic heterocycles. The number of allylic oxidation sites excluding steroid dienone is 1. The zero-order chi connectivity index (χ0) is 18.0. The van der Waals surface area contributed by atoms with Crippen LogP contribution < -0.4 is 0 Å². The van der Waals surface area contributed by atoms with E-state index in [-0.39, 0.29) is 40.8 Å². The monoisotopic (exact) mass is 390 g/mol. The predicted octanol–water partition coefficient (Wildman–Crippen LogP) is 5.61. The normalized spacial score (nSPS) is 19.6. The first kappa shape index (κ1) is 22.5. The SMILES string of the molecule is CCC(CC)(CC)C(=[C-]c1ccccc1)B1OC(C)(C)C(C)(C)O1.[Cu+]. The molecule has 142 valence electrons. The molecule has 2 rings (SSSR count). The van der Waals surface area contributed by atoms with E-state index < -0.39 is 0 Å². The van der Waals surface area contributed by atoms with Crippen LogP contribution in [0.5, 0.6) is 0 Å². The smallest absolute Gasteiger partial charge is 0.400 e. The van der Waals surface area contributed by atoms with Crippen molar-refractivity contribution in [1.82, 2.24) is 0 Å². The molecule has 0 saturated carbocycles. The average Bonchev–Trinajstić information content (AvgIpc) is 2.77. The summed E-state index contributed by atoms with van der Waals surface area (Å²) in [6, 6.07) is 10.3. The van der Waals surface area contributed by atoms with Gasteiger partial charge < -0.3 is 9.31 Å². The van der Waals surface area contributed by atoms with Crippen LogP contribution in [0, 0.1) is 11.5 Å². The van der Waals surface area contributed by atoms with E-state index in [1.165, 1.54) is 0 Å². The van der Waals surface area contributed by atoms with E-state index in [2.05, 4.69) is 78.8 Å². The summed E-state index contributed by atoms with van der Waals surface area (Å²) in [4.78, 5) is 0. The molecule has 0 amide bonds. The molecule has 0 spiro atoms. The molecule has 0 atom stereocenters. The molecule has 1 saturated heterocycles. The average molecular weight is 391 g/mol. The van der Waals surface area contributed by atoms with E-state index >= 15 is 0 Å². The van der Waals surface area contributed by atoms with Crippen molar-refractivity contribution in [3.05, 3.63) is 47.4 Å². The van der Waals surface area contributed by atoms with Crippen LogP contribution in [-0.2, 0) is 26.4 Å². The van der Waals surface area contributed by atoms with Crippen molar-refractivity contribution >= 4 is 7.12 Å². The summed E-state index contributed by atoms with van der Waals surface area (Å²) < 4.78 is 12.8. The second kappa shape index (κ2) is 8.44. The molecule has 0 unspecified atom stereocenters. The van der Waals surface area contributed by atoms with E-state index in [1.54, 1.807) is 0 Å². The molecule has 1 aromatic rings. The van der Waals surface area contributed by atoms with E-state index in [4.69, 9.17) is 9.31 Å². The fourth-order valence-electron chi connectivity index (χ4n) is 3.40. The molecule has 0 N–H and O–H groups in total. The minimum Gasteiger partial charge on any atom is -0.400 e. The minimum atomic E-state index is -0.338. The van der Waals surface area contributed by atoms with Crippen LogP contribution in [0.3, 0.4) is 0 Å². The Morgan fingerprint density at radius 1 is 0.920 bits per heavy atom. The molecule has 4 heteroatoms. The Balaban J connectivity index is 0.00000312. The van der Waals surface area contributed by atoms with Gasteiger partial charge in [-0.1, -0.05) is 32.3 Å². The Hall–Kier alpha value is -0.536. The molecular weight excluding hydrogens is 359 g/mol. The third-order valence-corrected chi connectivity index (χ3v) is 6.14. The summed E-state index contributed by atoms with van der Waals surface area (Å²) in [6.45, 7) is 15.2. The zero-order valence-corrected chi connectivity index (χ0v) is 17.6. The summed E-state index contributed by atoms with van der Waals surface area (Å²) >= 11 is 0. The molecule has 0 aliphatic carbocycles. The molecule has 1 fully saturated rings. The summed E-state index contributed by atoms with van der Waals surface area (Å²) in [5.74, 6) is 0. The summed E-state index contributed by atoms with van der Waals surface area (Å²) in [6.07, 6.45) is 6.82. The Morgan fingerprint density at radius 3 is 1.76 bits per heavy atom. The first-order valence-electron chi connectivity index (χ1n) is 9.26. The summed E-state index contributed by atoms with van der Waals surface area (Å²) in [5, 5.41) is 0. The van der Waals surface area contributed by atoms with Gasteiger partial charge in [-0.25, -0.2) is 0 Å². The van der Waals surface area contributed by atoms with Gasteiger partial charge in [-0.3, -0.25) is 0 Å². The minimum absolute atomic E-state index is 0. The Morgan fingerprint density at radius 2 is 1.36 bits per heavy atom. The van der Waals surface area contributed by atoms with Gasteiger partial charge in [0.05, 0.1) is 11.2 Å². The maximum atomic E-state index is 6.39. The summed E-state index contributed by atoms with van der Waals surface area (Å²) in [5.41, 5.74) is 1.63. The van der Waals surface area contributed by atoms with Crippen molar-refractivity contribution in [2.75, 3.05) is 0 Å². The van der Waals surface area contributed by atoms with Gasteiger partial charge >= 0.3 is 24.2 Å². The van der Waals surface area contributed by atoms with Crippen molar-refractivity contribution in [2.24, 2.45) is 5.41 Å². The largest absolute Gasteiger partial charge is 1.00 e. The van der Waals surface area contributed by atoms with Crippen molar-refractivity contribution in [3.63, 3.8) is 0 Å². The molecule has 1 heterocycles. The number of benzene rings is 1. The van der Waals surface area contributed by atoms with Gasteiger partial charge in [-0.05, 0) is 52.4 Å². The molecule has 1 aromatic carbocycles.